The van der Waals surface area contributed by atoms with Gasteiger partial charge in [0.1, 0.15) is 0 Å². The summed E-state index contributed by atoms with van der Waals surface area (Å²) >= 11 is 0. The van der Waals surface area contributed by atoms with Crippen molar-refractivity contribution in [1.29, 1.82) is 0 Å². The topological polar surface area (TPSA) is 26.0 Å². The van der Waals surface area contributed by atoms with E-state index in [1.165, 1.54) is 25.7 Å². The zero-order valence-electron chi connectivity index (χ0n) is 7.98. The Kier molecular flexibility index (Phi) is 0.607. The molecular weight excluding hydrogens is 146 g/mol. The second-order valence-electron chi connectivity index (χ2n) is 6.54. The third-order valence-corrected chi connectivity index (χ3v) is 6.10. The summed E-state index contributed by atoms with van der Waals surface area (Å²) in [6.07, 6.45) is 5.63. The monoisotopic (exact) mass is 163 g/mol. The molecule has 1 heteroatoms. The minimum absolute atomic E-state index is 0.303. The lowest BCUT2D eigenvalue weighted by molar-refractivity contribution is -0.476. The molecule has 1 spiro atoms. The lowest BCUT2D eigenvalue weighted by Gasteiger charge is -2.98. The van der Waals surface area contributed by atoms with Gasteiger partial charge in [0, 0.05) is 11.0 Å². The van der Waals surface area contributed by atoms with Crippen molar-refractivity contribution in [2.24, 2.45) is 27.9 Å². The van der Waals surface area contributed by atoms with Gasteiger partial charge in [0.05, 0.1) is 0 Å². The molecule has 0 heterocycles. The fourth-order valence-electron chi connectivity index (χ4n) is 6.85. The summed E-state index contributed by atoms with van der Waals surface area (Å²) < 4.78 is 0. The molecule has 0 aromatic rings. The molecule has 0 aliphatic heterocycles. The van der Waals surface area contributed by atoms with E-state index >= 15 is 0 Å². The van der Waals surface area contributed by atoms with Gasteiger partial charge in [-0.05, 0) is 42.4 Å². The standard InChI is InChI=1S/C11H17N/c1-8-3-7-4-10(12)6-9(2,5-8)11(7,8)10/h7H,3-6,12H2,1-2H3. The van der Waals surface area contributed by atoms with Gasteiger partial charge in [0.15, 0.2) is 0 Å². The van der Waals surface area contributed by atoms with Crippen LogP contribution < -0.4 is 5.73 Å². The molecule has 4 rings (SSSR count). The first-order valence-electron chi connectivity index (χ1n) is 5.27. The predicted molar refractivity (Wildman–Crippen MR) is 47.5 cm³/mol. The van der Waals surface area contributed by atoms with Crippen LogP contribution in [0.25, 0.3) is 0 Å². The second kappa shape index (κ2) is 1.13. The highest BCUT2D eigenvalue weighted by molar-refractivity contribution is 5.46. The molecule has 12 heavy (non-hydrogen) atoms. The number of hydrogen-bond acceptors (Lipinski definition) is 1. The van der Waals surface area contributed by atoms with Crippen molar-refractivity contribution in [3.05, 3.63) is 0 Å². The zero-order valence-corrected chi connectivity index (χ0v) is 7.98. The van der Waals surface area contributed by atoms with E-state index in [1.54, 1.807) is 0 Å². The van der Waals surface area contributed by atoms with Gasteiger partial charge in [0.25, 0.3) is 0 Å². The largest absolute Gasteiger partial charge is 0.325 e. The van der Waals surface area contributed by atoms with Crippen molar-refractivity contribution in [2.45, 2.75) is 45.1 Å². The molecule has 0 radical (unpaired) electrons. The normalized spacial score (nSPS) is 81.8. The van der Waals surface area contributed by atoms with Crippen LogP contribution in [0.5, 0.6) is 0 Å². The molecule has 0 saturated heterocycles. The van der Waals surface area contributed by atoms with Crippen molar-refractivity contribution < 1.29 is 0 Å². The van der Waals surface area contributed by atoms with Crippen LogP contribution in [0.1, 0.15) is 39.5 Å². The molecule has 0 amide bonds. The Hall–Kier alpha value is -0.0400. The quantitative estimate of drug-likeness (QED) is 0.580. The highest BCUT2D eigenvalue weighted by Gasteiger charge is 2.95. The maximum Gasteiger partial charge on any atom is 0.0232 e. The Morgan fingerprint density at radius 1 is 1.08 bits per heavy atom. The molecule has 4 saturated carbocycles. The molecule has 4 fully saturated rings. The van der Waals surface area contributed by atoms with Crippen LogP contribution in [0.4, 0.5) is 0 Å². The van der Waals surface area contributed by atoms with Crippen LogP contribution in [-0.2, 0) is 0 Å². The number of rotatable bonds is 0. The van der Waals surface area contributed by atoms with Crippen molar-refractivity contribution in [1.82, 2.24) is 0 Å². The van der Waals surface area contributed by atoms with Gasteiger partial charge in [0.2, 0.25) is 0 Å². The summed E-state index contributed by atoms with van der Waals surface area (Å²) in [6.45, 7) is 4.95. The number of hydrogen-bond donors (Lipinski definition) is 1. The molecule has 4 aliphatic carbocycles. The van der Waals surface area contributed by atoms with Gasteiger partial charge in [-0.2, -0.15) is 0 Å². The summed E-state index contributed by atoms with van der Waals surface area (Å²) in [5, 5.41) is 0. The Labute approximate surface area is 73.7 Å². The van der Waals surface area contributed by atoms with Crippen LogP contribution in [0.15, 0.2) is 0 Å². The molecule has 0 bridgehead atoms. The van der Waals surface area contributed by atoms with Crippen LogP contribution in [0.2, 0.25) is 0 Å². The third kappa shape index (κ3) is 0.265. The summed E-state index contributed by atoms with van der Waals surface area (Å²) in [5.41, 5.74) is 8.72. The third-order valence-electron chi connectivity index (χ3n) is 6.10. The van der Waals surface area contributed by atoms with E-state index in [9.17, 15) is 0 Å². The smallest absolute Gasteiger partial charge is 0.0232 e. The van der Waals surface area contributed by atoms with E-state index in [0.29, 0.717) is 21.8 Å². The van der Waals surface area contributed by atoms with Gasteiger partial charge in [-0.1, -0.05) is 13.8 Å². The van der Waals surface area contributed by atoms with Crippen LogP contribution in [0, 0.1) is 22.2 Å². The summed E-state index contributed by atoms with van der Waals surface area (Å²) in [7, 11) is 0. The Bertz CT molecular complexity index is 270. The average molecular weight is 163 g/mol. The first-order chi connectivity index (χ1) is 5.48. The van der Waals surface area contributed by atoms with E-state index in [4.69, 9.17) is 5.73 Å². The Balaban J connectivity index is 1.91. The van der Waals surface area contributed by atoms with Gasteiger partial charge in [-0.15, -0.1) is 0 Å². The summed E-state index contributed by atoms with van der Waals surface area (Å²) in [4.78, 5) is 0. The maximum atomic E-state index is 6.42. The minimum atomic E-state index is 0.303. The highest BCUT2D eigenvalue weighted by atomic mass is 15.1. The highest BCUT2D eigenvalue weighted by Crippen LogP contribution is 2.97. The number of nitrogens with two attached hydrogens (primary N) is 1. The fourth-order valence-corrected chi connectivity index (χ4v) is 6.85. The Morgan fingerprint density at radius 2 is 1.83 bits per heavy atom. The molecular formula is C11H17N. The van der Waals surface area contributed by atoms with Crippen molar-refractivity contribution in [3.63, 3.8) is 0 Å². The van der Waals surface area contributed by atoms with Gasteiger partial charge >= 0.3 is 0 Å². The lowest BCUT2D eigenvalue weighted by Crippen LogP contribution is -2.98. The van der Waals surface area contributed by atoms with Crippen molar-refractivity contribution in [2.75, 3.05) is 0 Å². The molecule has 66 valence electrons. The molecule has 2 N–H and O–H groups in total. The first-order valence-corrected chi connectivity index (χ1v) is 5.27. The van der Waals surface area contributed by atoms with Gasteiger partial charge in [-0.3, -0.25) is 0 Å². The molecule has 0 aromatic heterocycles. The molecule has 4 aliphatic rings. The predicted octanol–water partition coefficient (Wildman–Crippen LogP) is 1.91. The molecule has 5 unspecified atom stereocenters. The lowest BCUT2D eigenvalue weighted by atomic mass is 9.07. The zero-order chi connectivity index (χ0) is 8.41. The summed E-state index contributed by atoms with van der Waals surface area (Å²) in [5.74, 6) is 1.03. The second-order valence-corrected chi connectivity index (χ2v) is 6.54. The van der Waals surface area contributed by atoms with E-state index in [2.05, 4.69) is 13.8 Å². The van der Waals surface area contributed by atoms with E-state index < -0.39 is 0 Å². The molecule has 5 atom stereocenters. The van der Waals surface area contributed by atoms with E-state index in [1.807, 2.05) is 0 Å². The van der Waals surface area contributed by atoms with E-state index in [0.717, 1.165) is 5.92 Å². The molecule has 1 nitrogen and oxygen atoms in total. The SMILES string of the molecule is CC12CC3CC4(N)CC(C)(C1)C324. The maximum absolute atomic E-state index is 6.42. The van der Waals surface area contributed by atoms with Crippen LogP contribution in [0.3, 0.4) is 0 Å². The minimum Gasteiger partial charge on any atom is -0.325 e. The van der Waals surface area contributed by atoms with Gasteiger partial charge in [-0.25, -0.2) is 0 Å². The van der Waals surface area contributed by atoms with Crippen molar-refractivity contribution >= 4 is 0 Å². The van der Waals surface area contributed by atoms with Crippen molar-refractivity contribution in [3.8, 4) is 0 Å². The van der Waals surface area contributed by atoms with E-state index in [-0.39, 0.29) is 0 Å². The Morgan fingerprint density at radius 3 is 2.17 bits per heavy atom. The molecule has 0 aromatic carbocycles. The fraction of sp³-hybridized carbons (Fsp3) is 1.00. The average Bonchev–Trinajstić information content (AvgIpc) is 1.78. The van der Waals surface area contributed by atoms with Crippen LogP contribution >= 0.6 is 0 Å². The first kappa shape index (κ1) is 6.42. The summed E-state index contributed by atoms with van der Waals surface area (Å²) in [6, 6.07) is 0. The van der Waals surface area contributed by atoms with Crippen LogP contribution in [-0.4, -0.2) is 5.54 Å². The van der Waals surface area contributed by atoms with Gasteiger partial charge < -0.3 is 5.73 Å².